The third kappa shape index (κ3) is 6.79. The molecule has 3 heteroatoms. The Bertz CT molecular complexity index is 290. The van der Waals surface area contributed by atoms with Gasteiger partial charge in [-0.05, 0) is 45.0 Å². The van der Waals surface area contributed by atoms with E-state index in [9.17, 15) is 0 Å². The molecule has 1 rings (SSSR count). The van der Waals surface area contributed by atoms with Crippen LogP contribution in [0.15, 0.2) is 22.8 Å². The van der Waals surface area contributed by atoms with Gasteiger partial charge >= 0.3 is 0 Å². The van der Waals surface area contributed by atoms with Crippen LogP contribution in [0.25, 0.3) is 0 Å². The number of hydrogen-bond acceptors (Lipinski definition) is 3. The van der Waals surface area contributed by atoms with E-state index in [0.717, 1.165) is 18.8 Å². The van der Waals surface area contributed by atoms with Gasteiger partial charge in [0.1, 0.15) is 5.76 Å². The summed E-state index contributed by atoms with van der Waals surface area (Å²) in [5, 5.41) is 3.53. The van der Waals surface area contributed by atoms with E-state index in [1.54, 1.807) is 6.26 Å². The number of unbranched alkanes of at least 4 members (excludes halogenated alkanes) is 2. The molecule has 0 aliphatic heterocycles. The van der Waals surface area contributed by atoms with Gasteiger partial charge < -0.3 is 14.6 Å². The summed E-state index contributed by atoms with van der Waals surface area (Å²) in [5.41, 5.74) is 0. The second kappa shape index (κ2) is 10.0. The van der Waals surface area contributed by atoms with Crippen LogP contribution in [0.2, 0.25) is 0 Å². The van der Waals surface area contributed by atoms with Gasteiger partial charge in [-0.3, -0.25) is 0 Å². The van der Waals surface area contributed by atoms with Crippen LogP contribution in [-0.4, -0.2) is 31.1 Å². The van der Waals surface area contributed by atoms with Crippen molar-refractivity contribution in [2.75, 3.05) is 26.2 Å². The van der Waals surface area contributed by atoms with Gasteiger partial charge in [-0.2, -0.15) is 0 Å². The Labute approximate surface area is 118 Å². The molecule has 1 aromatic rings. The van der Waals surface area contributed by atoms with Gasteiger partial charge in [-0.1, -0.05) is 26.7 Å². The Morgan fingerprint density at radius 1 is 1.16 bits per heavy atom. The third-order valence-corrected chi connectivity index (χ3v) is 3.50. The highest BCUT2D eigenvalue weighted by Gasteiger charge is 2.08. The van der Waals surface area contributed by atoms with Crippen molar-refractivity contribution >= 4 is 0 Å². The van der Waals surface area contributed by atoms with Gasteiger partial charge in [0.15, 0.2) is 0 Å². The minimum Gasteiger partial charge on any atom is -0.468 e. The van der Waals surface area contributed by atoms with Gasteiger partial charge in [-0.25, -0.2) is 0 Å². The minimum atomic E-state index is 0.300. The van der Waals surface area contributed by atoms with Crippen LogP contribution in [0, 0.1) is 0 Å². The van der Waals surface area contributed by atoms with Gasteiger partial charge in [0.2, 0.25) is 0 Å². The fourth-order valence-corrected chi connectivity index (χ4v) is 2.18. The molecular formula is C16H30N2O. The molecule has 0 aliphatic carbocycles. The van der Waals surface area contributed by atoms with Gasteiger partial charge in [-0.15, -0.1) is 0 Å². The number of nitrogens with zero attached hydrogens (tertiary/aromatic N) is 1. The van der Waals surface area contributed by atoms with E-state index in [-0.39, 0.29) is 0 Å². The molecule has 0 saturated carbocycles. The highest BCUT2D eigenvalue weighted by atomic mass is 16.3. The maximum absolute atomic E-state index is 5.41. The van der Waals surface area contributed by atoms with Crippen LogP contribution in [-0.2, 0) is 0 Å². The molecule has 0 aliphatic rings. The first-order valence-electron chi connectivity index (χ1n) is 7.77. The monoisotopic (exact) mass is 266 g/mol. The summed E-state index contributed by atoms with van der Waals surface area (Å²) in [5.74, 6) is 1.02. The van der Waals surface area contributed by atoms with Crippen LogP contribution in [0.3, 0.4) is 0 Å². The maximum atomic E-state index is 5.41. The van der Waals surface area contributed by atoms with E-state index in [2.05, 4.69) is 31.0 Å². The lowest BCUT2D eigenvalue weighted by molar-refractivity contribution is 0.259. The summed E-state index contributed by atoms with van der Waals surface area (Å²) in [6.07, 6.45) is 6.90. The fraction of sp³-hybridized carbons (Fsp3) is 0.750. The lowest BCUT2D eigenvalue weighted by Gasteiger charge is -2.23. The predicted octanol–water partition coefficient (Wildman–Crippen LogP) is 3.83. The smallest absolute Gasteiger partial charge is 0.120 e. The molecule has 0 spiro atoms. The van der Waals surface area contributed by atoms with E-state index in [4.69, 9.17) is 4.42 Å². The molecule has 1 aromatic heterocycles. The van der Waals surface area contributed by atoms with Crippen molar-refractivity contribution < 1.29 is 4.42 Å². The molecule has 19 heavy (non-hydrogen) atoms. The van der Waals surface area contributed by atoms with Crippen LogP contribution in [0.4, 0.5) is 0 Å². The molecule has 1 heterocycles. The van der Waals surface area contributed by atoms with Crippen molar-refractivity contribution in [3.05, 3.63) is 24.2 Å². The molecular weight excluding hydrogens is 236 g/mol. The quantitative estimate of drug-likeness (QED) is 0.660. The first kappa shape index (κ1) is 16.3. The fourth-order valence-electron chi connectivity index (χ4n) is 2.18. The van der Waals surface area contributed by atoms with E-state index >= 15 is 0 Å². The SMILES string of the molecule is CCCCN(CCCC)CCNC(C)c1ccco1. The zero-order chi connectivity index (χ0) is 13.9. The van der Waals surface area contributed by atoms with Crippen LogP contribution < -0.4 is 5.32 Å². The molecule has 1 unspecified atom stereocenters. The van der Waals surface area contributed by atoms with Gasteiger partial charge in [0.05, 0.1) is 12.3 Å². The predicted molar refractivity (Wildman–Crippen MR) is 81.4 cm³/mol. The number of hydrogen-bond donors (Lipinski definition) is 1. The maximum Gasteiger partial charge on any atom is 0.120 e. The van der Waals surface area contributed by atoms with Crippen LogP contribution in [0.5, 0.6) is 0 Å². The van der Waals surface area contributed by atoms with Crippen molar-refractivity contribution in [1.82, 2.24) is 10.2 Å². The van der Waals surface area contributed by atoms with E-state index in [0.29, 0.717) is 6.04 Å². The molecule has 3 nitrogen and oxygen atoms in total. The van der Waals surface area contributed by atoms with E-state index in [1.807, 2.05) is 12.1 Å². The lowest BCUT2D eigenvalue weighted by Crippen LogP contribution is -2.34. The molecule has 110 valence electrons. The molecule has 0 bridgehead atoms. The standard InChI is InChI=1S/C16H30N2O/c1-4-6-11-18(12-7-5-2)13-10-17-15(3)16-9-8-14-19-16/h8-9,14-15,17H,4-7,10-13H2,1-3H3. The zero-order valence-corrected chi connectivity index (χ0v) is 12.8. The Morgan fingerprint density at radius 3 is 2.37 bits per heavy atom. The van der Waals surface area contributed by atoms with E-state index in [1.165, 1.54) is 38.8 Å². The van der Waals surface area contributed by atoms with Crippen molar-refractivity contribution in [2.45, 2.75) is 52.5 Å². The number of rotatable bonds is 11. The topological polar surface area (TPSA) is 28.4 Å². The number of nitrogens with one attached hydrogen (secondary N) is 1. The average Bonchev–Trinajstić information content (AvgIpc) is 2.95. The van der Waals surface area contributed by atoms with Crippen molar-refractivity contribution in [3.63, 3.8) is 0 Å². The number of furan rings is 1. The highest BCUT2D eigenvalue weighted by Crippen LogP contribution is 2.11. The molecule has 0 aromatic carbocycles. The summed E-state index contributed by atoms with van der Waals surface area (Å²) in [4.78, 5) is 2.58. The average molecular weight is 266 g/mol. The second-order valence-electron chi connectivity index (χ2n) is 5.24. The minimum absolute atomic E-state index is 0.300. The van der Waals surface area contributed by atoms with Crippen molar-refractivity contribution in [2.24, 2.45) is 0 Å². The Balaban J connectivity index is 2.22. The lowest BCUT2D eigenvalue weighted by atomic mass is 10.2. The summed E-state index contributed by atoms with van der Waals surface area (Å²) in [7, 11) is 0. The van der Waals surface area contributed by atoms with Gasteiger partial charge in [0.25, 0.3) is 0 Å². The van der Waals surface area contributed by atoms with E-state index < -0.39 is 0 Å². The molecule has 1 N–H and O–H groups in total. The Morgan fingerprint density at radius 2 is 1.84 bits per heavy atom. The zero-order valence-electron chi connectivity index (χ0n) is 12.8. The third-order valence-electron chi connectivity index (χ3n) is 3.50. The van der Waals surface area contributed by atoms with Crippen molar-refractivity contribution in [3.8, 4) is 0 Å². The molecule has 1 atom stereocenters. The first-order chi connectivity index (χ1) is 9.27. The van der Waals surface area contributed by atoms with Crippen molar-refractivity contribution in [1.29, 1.82) is 0 Å². The molecule has 0 saturated heterocycles. The summed E-state index contributed by atoms with van der Waals surface area (Å²) >= 11 is 0. The summed E-state index contributed by atoms with van der Waals surface area (Å²) < 4.78 is 5.41. The second-order valence-corrected chi connectivity index (χ2v) is 5.24. The summed E-state index contributed by atoms with van der Waals surface area (Å²) in [6.45, 7) is 11.3. The first-order valence-corrected chi connectivity index (χ1v) is 7.77. The van der Waals surface area contributed by atoms with Crippen LogP contribution in [0.1, 0.15) is 58.3 Å². The van der Waals surface area contributed by atoms with Gasteiger partial charge in [0, 0.05) is 13.1 Å². The Hall–Kier alpha value is -0.800. The Kier molecular flexibility index (Phi) is 8.59. The summed E-state index contributed by atoms with van der Waals surface area (Å²) in [6, 6.07) is 4.28. The van der Waals surface area contributed by atoms with Crippen LogP contribution >= 0.6 is 0 Å². The normalized spacial score (nSPS) is 13.1. The molecule has 0 radical (unpaired) electrons. The largest absolute Gasteiger partial charge is 0.468 e. The highest BCUT2D eigenvalue weighted by molar-refractivity contribution is 5.02. The molecule has 0 fully saturated rings. The molecule has 0 amide bonds.